The number of nitrogens with zero attached hydrogens (tertiary/aromatic N) is 4. The van der Waals surface area contributed by atoms with Gasteiger partial charge in [-0.05, 0) is 89.0 Å². The number of carbonyl (C=O) groups excluding carboxylic acids is 1. The number of hydrogen-bond acceptors (Lipinski definition) is 6. The summed E-state index contributed by atoms with van der Waals surface area (Å²) in [4.78, 5) is 26.4. The van der Waals surface area contributed by atoms with Crippen molar-refractivity contribution >= 4 is 22.6 Å². The first-order valence-electron chi connectivity index (χ1n) is 14.0. The summed E-state index contributed by atoms with van der Waals surface area (Å²) in [5, 5.41) is 4.08. The minimum atomic E-state index is -0.0696. The number of fused-ring (bicyclic) bond motifs is 1. The summed E-state index contributed by atoms with van der Waals surface area (Å²) in [5.41, 5.74) is 2.75. The Morgan fingerprint density at radius 1 is 0.974 bits per heavy atom. The van der Waals surface area contributed by atoms with Crippen molar-refractivity contribution in [2.45, 2.75) is 58.0 Å². The minimum absolute atomic E-state index is 0.0696. The molecule has 8 nitrogen and oxygen atoms in total. The smallest absolute Gasteiger partial charge is 0.321 e. The third-order valence-electron chi connectivity index (χ3n) is 7.41. The topological polar surface area (TPSA) is 79.8 Å². The number of nitrogens with one attached hydrogen (secondary N) is 1. The summed E-state index contributed by atoms with van der Waals surface area (Å²) in [6.45, 7) is 9.39. The Balaban J connectivity index is 1.14. The number of anilines is 1. The summed E-state index contributed by atoms with van der Waals surface area (Å²) < 4.78 is 11.7. The highest BCUT2D eigenvalue weighted by Gasteiger charge is 2.26. The van der Waals surface area contributed by atoms with Crippen LogP contribution in [0.1, 0.15) is 57.6 Å². The normalized spacial score (nSPS) is 17.1. The van der Waals surface area contributed by atoms with Crippen LogP contribution in [-0.2, 0) is 0 Å². The average Bonchev–Trinajstić information content (AvgIpc) is 2.94. The standard InChI is InChI=1S/C30H39N5O3/c1-22(2)38-25-8-6-24(7-9-25)33-30(36)35-16-12-23(13-17-35)29-27-11-10-26(20-28(27)31-21-32-29)37-19-18-34-14-4-3-5-15-34/h6-11,20-23H,3-5,12-19H2,1-2H3,(H,33,36). The highest BCUT2D eigenvalue weighted by molar-refractivity contribution is 5.89. The fourth-order valence-corrected chi connectivity index (χ4v) is 5.40. The molecule has 5 rings (SSSR count). The zero-order valence-corrected chi connectivity index (χ0v) is 22.6. The maximum absolute atomic E-state index is 12.9. The van der Waals surface area contributed by atoms with Crippen molar-refractivity contribution in [2.24, 2.45) is 0 Å². The maximum atomic E-state index is 12.9. The number of urea groups is 1. The summed E-state index contributed by atoms with van der Waals surface area (Å²) in [6.07, 6.45) is 7.45. The van der Waals surface area contributed by atoms with Gasteiger partial charge in [-0.25, -0.2) is 14.8 Å². The molecule has 0 atom stereocenters. The van der Waals surface area contributed by atoms with E-state index in [-0.39, 0.29) is 12.1 Å². The summed E-state index contributed by atoms with van der Waals surface area (Å²) in [6, 6.07) is 13.6. The molecule has 0 unspecified atom stereocenters. The molecular formula is C30H39N5O3. The van der Waals surface area contributed by atoms with E-state index in [1.165, 1.54) is 32.4 Å². The van der Waals surface area contributed by atoms with Crippen LogP contribution in [-0.4, -0.2) is 71.2 Å². The highest BCUT2D eigenvalue weighted by Crippen LogP contribution is 2.32. The van der Waals surface area contributed by atoms with Gasteiger partial charge in [0.15, 0.2) is 0 Å². The van der Waals surface area contributed by atoms with E-state index in [4.69, 9.17) is 9.47 Å². The number of benzene rings is 2. The molecule has 3 heterocycles. The Morgan fingerprint density at radius 3 is 2.45 bits per heavy atom. The van der Waals surface area contributed by atoms with E-state index in [1.807, 2.05) is 55.1 Å². The molecular weight excluding hydrogens is 478 g/mol. The second kappa shape index (κ2) is 12.4. The van der Waals surface area contributed by atoms with Gasteiger partial charge in [-0.3, -0.25) is 4.90 Å². The van der Waals surface area contributed by atoms with Gasteiger partial charge in [0.1, 0.15) is 24.4 Å². The van der Waals surface area contributed by atoms with Gasteiger partial charge in [0, 0.05) is 42.7 Å². The predicted octanol–water partition coefficient (Wildman–Crippen LogP) is 5.69. The highest BCUT2D eigenvalue weighted by atomic mass is 16.5. The molecule has 2 aliphatic rings. The van der Waals surface area contributed by atoms with Crippen LogP contribution in [0.3, 0.4) is 0 Å². The van der Waals surface area contributed by atoms with Gasteiger partial charge in [-0.15, -0.1) is 0 Å². The lowest BCUT2D eigenvalue weighted by Crippen LogP contribution is -2.40. The number of hydrogen-bond donors (Lipinski definition) is 1. The number of ether oxygens (including phenoxy) is 2. The molecule has 0 aliphatic carbocycles. The van der Waals surface area contributed by atoms with Crippen molar-refractivity contribution in [1.29, 1.82) is 0 Å². The van der Waals surface area contributed by atoms with Crippen LogP contribution in [0.25, 0.3) is 10.9 Å². The van der Waals surface area contributed by atoms with Crippen LogP contribution >= 0.6 is 0 Å². The SMILES string of the molecule is CC(C)Oc1ccc(NC(=O)N2CCC(c3ncnc4cc(OCCN5CCCCC5)ccc34)CC2)cc1. The molecule has 0 saturated carbocycles. The average molecular weight is 518 g/mol. The molecule has 2 fully saturated rings. The van der Waals surface area contributed by atoms with Crippen molar-refractivity contribution in [1.82, 2.24) is 19.8 Å². The lowest BCUT2D eigenvalue weighted by Gasteiger charge is -2.32. The lowest BCUT2D eigenvalue weighted by molar-refractivity contribution is 0.183. The molecule has 3 aromatic rings. The largest absolute Gasteiger partial charge is 0.492 e. The van der Waals surface area contributed by atoms with Crippen LogP contribution in [0.4, 0.5) is 10.5 Å². The van der Waals surface area contributed by atoms with Gasteiger partial charge in [0.25, 0.3) is 0 Å². The van der Waals surface area contributed by atoms with Crippen molar-refractivity contribution in [3.8, 4) is 11.5 Å². The van der Waals surface area contributed by atoms with E-state index in [0.717, 1.165) is 53.2 Å². The first-order valence-corrected chi connectivity index (χ1v) is 14.0. The molecule has 38 heavy (non-hydrogen) atoms. The van der Waals surface area contributed by atoms with Crippen molar-refractivity contribution in [3.63, 3.8) is 0 Å². The number of aromatic nitrogens is 2. The minimum Gasteiger partial charge on any atom is -0.492 e. The summed E-state index contributed by atoms with van der Waals surface area (Å²) >= 11 is 0. The molecule has 1 N–H and O–H groups in total. The van der Waals surface area contributed by atoms with Gasteiger partial charge >= 0.3 is 6.03 Å². The maximum Gasteiger partial charge on any atom is 0.321 e. The van der Waals surface area contributed by atoms with Crippen molar-refractivity contribution < 1.29 is 14.3 Å². The number of rotatable bonds is 8. The molecule has 2 saturated heterocycles. The first kappa shape index (κ1) is 26.2. The van der Waals surface area contributed by atoms with Crippen LogP contribution in [0, 0.1) is 0 Å². The van der Waals surface area contributed by atoms with Gasteiger partial charge in [0.2, 0.25) is 0 Å². The van der Waals surface area contributed by atoms with E-state index >= 15 is 0 Å². The molecule has 0 radical (unpaired) electrons. The molecule has 1 aromatic heterocycles. The fraction of sp³-hybridized carbons (Fsp3) is 0.500. The zero-order valence-electron chi connectivity index (χ0n) is 22.6. The van der Waals surface area contributed by atoms with E-state index in [0.29, 0.717) is 25.6 Å². The van der Waals surface area contributed by atoms with Gasteiger partial charge in [-0.1, -0.05) is 6.42 Å². The Morgan fingerprint density at radius 2 is 1.71 bits per heavy atom. The summed E-state index contributed by atoms with van der Waals surface area (Å²) in [7, 11) is 0. The zero-order chi connectivity index (χ0) is 26.3. The van der Waals surface area contributed by atoms with Gasteiger partial charge in [-0.2, -0.15) is 0 Å². The van der Waals surface area contributed by atoms with Crippen LogP contribution in [0.15, 0.2) is 48.8 Å². The molecule has 2 amide bonds. The molecule has 0 spiro atoms. The molecule has 0 bridgehead atoms. The van der Waals surface area contributed by atoms with E-state index < -0.39 is 0 Å². The number of amides is 2. The Hall–Kier alpha value is -3.39. The quantitative estimate of drug-likeness (QED) is 0.413. The Kier molecular flexibility index (Phi) is 8.58. The second-order valence-corrected chi connectivity index (χ2v) is 10.6. The lowest BCUT2D eigenvalue weighted by atomic mass is 9.91. The van der Waals surface area contributed by atoms with Crippen LogP contribution in [0.2, 0.25) is 0 Å². The fourth-order valence-electron chi connectivity index (χ4n) is 5.40. The second-order valence-electron chi connectivity index (χ2n) is 10.6. The molecule has 202 valence electrons. The van der Waals surface area contributed by atoms with Crippen molar-refractivity contribution in [2.75, 3.05) is 44.6 Å². The molecule has 2 aliphatic heterocycles. The Labute approximate surface area is 225 Å². The molecule has 2 aromatic carbocycles. The third kappa shape index (κ3) is 6.72. The monoisotopic (exact) mass is 517 g/mol. The van der Waals surface area contributed by atoms with Gasteiger partial charge in [0.05, 0.1) is 17.3 Å². The first-order chi connectivity index (χ1) is 18.5. The number of carbonyl (C=O) groups is 1. The summed E-state index contributed by atoms with van der Waals surface area (Å²) in [5.74, 6) is 1.95. The third-order valence-corrected chi connectivity index (χ3v) is 7.41. The van der Waals surface area contributed by atoms with E-state index in [2.05, 4.69) is 26.3 Å². The van der Waals surface area contributed by atoms with Crippen LogP contribution in [0.5, 0.6) is 11.5 Å². The van der Waals surface area contributed by atoms with Gasteiger partial charge < -0.3 is 19.7 Å². The van der Waals surface area contributed by atoms with E-state index in [1.54, 1.807) is 6.33 Å². The number of likely N-dealkylation sites (tertiary alicyclic amines) is 2. The number of piperidine rings is 2. The van der Waals surface area contributed by atoms with Crippen LogP contribution < -0.4 is 14.8 Å². The van der Waals surface area contributed by atoms with E-state index in [9.17, 15) is 4.79 Å². The van der Waals surface area contributed by atoms with Crippen molar-refractivity contribution in [3.05, 3.63) is 54.5 Å². The Bertz CT molecular complexity index is 1200. The predicted molar refractivity (Wildman–Crippen MR) is 150 cm³/mol. The molecule has 8 heteroatoms.